The van der Waals surface area contributed by atoms with E-state index in [0.717, 1.165) is 28.7 Å². The topological polar surface area (TPSA) is 181 Å². The van der Waals surface area contributed by atoms with Crippen LogP contribution in [0, 0.1) is 11.3 Å². The van der Waals surface area contributed by atoms with Gasteiger partial charge >= 0.3 is 0 Å². The number of primary amides is 2. The Morgan fingerprint density at radius 1 is 1.05 bits per heavy atom. The van der Waals surface area contributed by atoms with E-state index in [1.807, 2.05) is 12.1 Å². The summed E-state index contributed by atoms with van der Waals surface area (Å²) in [7, 11) is 1.63. The minimum atomic E-state index is -0.888. The number of rotatable bonds is 8. The number of hydrogen-bond acceptors (Lipinski definition) is 6. The summed E-state index contributed by atoms with van der Waals surface area (Å²) >= 11 is 0. The van der Waals surface area contributed by atoms with Gasteiger partial charge in [-0.15, -0.1) is 0 Å². The van der Waals surface area contributed by atoms with Crippen LogP contribution in [-0.4, -0.2) is 61.2 Å². The van der Waals surface area contributed by atoms with Gasteiger partial charge in [0.25, 0.3) is 0 Å². The van der Waals surface area contributed by atoms with Crippen molar-refractivity contribution in [3.8, 4) is 6.07 Å². The summed E-state index contributed by atoms with van der Waals surface area (Å²) < 4.78 is 0. The van der Waals surface area contributed by atoms with Gasteiger partial charge in [-0.25, -0.2) is 0 Å². The molecule has 0 bridgehead atoms. The summed E-state index contributed by atoms with van der Waals surface area (Å²) in [4.78, 5) is 42.7. The molecule has 1 heterocycles. The standard InChI is InChI=1S/C28H33N7O3/c1-33-27(32)28(10-11-34-16-24(36)35-12-2-3-21(35)15-29)22-8-6-19(25(30)37)13-17(22)4-5-18-14-20(26(31)38)7-9-23(18)28/h6-9,13-14,21,34H,2-5,10-12,16H2,1H3,(H2,30,37)(H2,31,38)(H2,32,33). The fraction of sp³-hybridized carbons (Fsp3) is 0.393. The maximum atomic E-state index is 12.8. The average Bonchev–Trinajstić information content (AvgIpc) is 3.35. The molecule has 1 saturated heterocycles. The van der Waals surface area contributed by atoms with Gasteiger partial charge in [-0.1, -0.05) is 12.1 Å². The van der Waals surface area contributed by atoms with E-state index in [4.69, 9.17) is 17.2 Å². The Morgan fingerprint density at radius 3 is 2.13 bits per heavy atom. The highest BCUT2D eigenvalue weighted by molar-refractivity contribution is 5.98. The Hall–Kier alpha value is -4.23. The van der Waals surface area contributed by atoms with Crippen molar-refractivity contribution < 1.29 is 14.4 Å². The van der Waals surface area contributed by atoms with Crippen LogP contribution in [0.15, 0.2) is 41.4 Å². The van der Waals surface area contributed by atoms with E-state index in [-0.39, 0.29) is 18.5 Å². The average molecular weight is 516 g/mol. The number of benzene rings is 2. The van der Waals surface area contributed by atoms with Gasteiger partial charge in [0.2, 0.25) is 17.7 Å². The molecule has 2 aromatic carbocycles. The quantitative estimate of drug-likeness (QED) is 0.229. The molecular formula is C28H33N7O3. The zero-order chi connectivity index (χ0) is 27.4. The predicted molar refractivity (Wildman–Crippen MR) is 143 cm³/mol. The van der Waals surface area contributed by atoms with Crippen LogP contribution in [0.3, 0.4) is 0 Å². The molecule has 0 spiro atoms. The van der Waals surface area contributed by atoms with E-state index < -0.39 is 17.2 Å². The molecule has 2 aliphatic rings. The lowest BCUT2D eigenvalue weighted by Gasteiger charge is -2.36. The molecule has 1 unspecified atom stereocenters. The lowest BCUT2D eigenvalue weighted by molar-refractivity contribution is -0.130. The first-order valence-electron chi connectivity index (χ1n) is 12.7. The van der Waals surface area contributed by atoms with Crippen molar-refractivity contribution in [2.75, 3.05) is 26.7 Å². The number of carbonyl (C=O) groups is 3. The number of nitrogens with one attached hydrogen (secondary N) is 1. The molecule has 4 rings (SSSR count). The molecular weight excluding hydrogens is 482 g/mol. The van der Waals surface area contributed by atoms with Crippen molar-refractivity contribution in [1.82, 2.24) is 10.2 Å². The van der Waals surface area contributed by atoms with E-state index in [2.05, 4.69) is 16.4 Å². The first-order valence-corrected chi connectivity index (χ1v) is 12.7. The van der Waals surface area contributed by atoms with Crippen molar-refractivity contribution >= 4 is 23.6 Å². The first kappa shape index (κ1) is 26.8. The molecule has 0 radical (unpaired) electrons. The molecule has 38 heavy (non-hydrogen) atoms. The van der Waals surface area contributed by atoms with Gasteiger partial charge in [0.15, 0.2) is 0 Å². The smallest absolute Gasteiger partial charge is 0.248 e. The molecule has 1 aliphatic carbocycles. The number of carbonyl (C=O) groups excluding carboxylic acids is 3. The van der Waals surface area contributed by atoms with Crippen LogP contribution in [0.2, 0.25) is 0 Å². The molecule has 10 nitrogen and oxygen atoms in total. The molecule has 2 aromatic rings. The Morgan fingerprint density at radius 2 is 1.63 bits per heavy atom. The lowest BCUT2D eigenvalue weighted by Crippen LogP contribution is -2.46. The third-order valence-electron chi connectivity index (χ3n) is 7.72. The molecule has 1 fully saturated rings. The van der Waals surface area contributed by atoms with Crippen LogP contribution in [0.4, 0.5) is 0 Å². The van der Waals surface area contributed by atoms with Crippen molar-refractivity contribution in [2.45, 2.75) is 43.6 Å². The Bertz CT molecular complexity index is 1280. The number of hydrogen-bond donors (Lipinski definition) is 4. The second kappa shape index (κ2) is 11.0. The summed E-state index contributed by atoms with van der Waals surface area (Å²) in [5.41, 5.74) is 21.3. The SMILES string of the molecule is CN=C(N)C1(CCNCC(=O)N2CCCC2C#N)c2ccc(C(N)=O)cc2CCc2cc(C(N)=O)ccc21. The zero-order valence-electron chi connectivity index (χ0n) is 21.5. The Labute approximate surface area is 221 Å². The number of aryl methyl sites for hydroxylation is 2. The summed E-state index contributed by atoms with van der Waals surface area (Å²) in [6, 6.07) is 12.5. The lowest BCUT2D eigenvalue weighted by atomic mass is 9.68. The number of amides is 3. The number of nitrogens with zero attached hydrogens (tertiary/aromatic N) is 3. The molecule has 0 saturated carbocycles. The zero-order valence-corrected chi connectivity index (χ0v) is 21.5. The van der Waals surface area contributed by atoms with Crippen molar-refractivity contribution in [2.24, 2.45) is 22.2 Å². The number of amidine groups is 1. The normalized spacial score (nSPS) is 18.2. The number of nitriles is 1. The summed E-state index contributed by atoms with van der Waals surface area (Å²) in [6.07, 6.45) is 3.17. The third kappa shape index (κ3) is 4.85. The van der Waals surface area contributed by atoms with E-state index in [9.17, 15) is 19.6 Å². The van der Waals surface area contributed by atoms with Crippen LogP contribution in [0.25, 0.3) is 0 Å². The van der Waals surface area contributed by atoms with Gasteiger partial charge in [0, 0.05) is 24.7 Å². The fourth-order valence-electron chi connectivity index (χ4n) is 5.79. The summed E-state index contributed by atoms with van der Waals surface area (Å²) in [6.45, 7) is 1.10. The number of aliphatic imine (C=N–C) groups is 1. The van der Waals surface area contributed by atoms with Crippen LogP contribution in [-0.2, 0) is 23.1 Å². The monoisotopic (exact) mass is 515 g/mol. The van der Waals surface area contributed by atoms with Gasteiger partial charge in [-0.2, -0.15) is 5.26 Å². The maximum Gasteiger partial charge on any atom is 0.248 e. The first-order chi connectivity index (χ1) is 18.2. The van der Waals surface area contributed by atoms with Gasteiger partial charge in [-0.05, 0) is 85.2 Å². The molecule has 10 heteroatoms. The highest BCUT2D eigenvalue weighted by Crippen LogP contribution is 2.43. The van der Waals surface area contributed by atoms with Gasteiger partial charge in [0.1, 0.15) is 11.9 Å². The maximum absolute atomic E-state index is 12.8. The second-order valence-electron chi connectivity index (χ2n) is 9.79. The van der Waals surface area contributed by atoms with Crippen molar-refractivity contribution in [1.29, 1.82) is 5.26 Å². The summed E-state index contributed by atoms with van der Waals surface area (Å²) in [5.74, 6) is -0.783. The minimum Gasteiger partial charge on any atom is -0.386 e. The van der Waals surface area contributed by atoms with E-state index >= 15 is 0 Å². The van der Waals surface area contributed by atoms with E-state index in [0.29, 0.717) is 55.7 Å². The fourth-order valence-corrected chi connectivity index (χ4v) is 5.79. The molecule has 198 valence electrons. The van der Waals surface area contributed by atoms with Gasteiger partial charge < -0.3 is 27.4 Å². The molecule has 7 N–H and O–H groups in total. The molecule has 0 aromatic heterocycles. The van der Waals surface area contributed by atoms with Crippen LogP contribution in [0.5, 0.6) is 0 Å². The highest BCUT2D eigenvalue weighted by atomic mass is 16.2. The number of fused-ring (bicyclic) bond motifs is 2. The van der Waals surface area contributed by atoms with Crippen LogP contribution < -0.4 is 22.5 Å². The Kier molecular flexibility index (Phi) is 7.78. The summed E-state index contributed by atoms with van der Waals surface area (Å²) in [5, 5.41) is 12.6. The Balaban J connectivity index is 1.73. The number of nitrogens with two attached hydrogens (primary N) is 3. The predicted octanol–water partition coefficient (Wildman–Crippen LogP) is 0.750. The minimum absolute atomic E-state index is 0.0956. The highest BCUT2D eigenvalue weighted by Gasteiger charge is 2.43. The van der Waals surface area contributed by atoms with Crippen molar-refractivity contribution in [3.63, 3.8) is 0 Å². The van der Waals surface area contributed by atoms with Crippen molar-refractivity contribution in [3.05, 3.63) is 69.8 Å². The van der Waals surface area contributed by atoms with Crippen LogP contribution >= 0.6 is 0 Å². The van der Waals surface area contributed by atoms with Crippen LogP contribution in [0.1, 0.15) is 62.2 Å². The van der Waals surface area contributed by atoms with Gasteiger partial charge in [-0.3, -0.25) is 19.4 Å². The molecule has 1 aliphatic heterocycles. The molecule has 1 atom stereocenters. The third-order valence-corrected chi connectivity index (χ3v) is 7.72. The van der Waals surface area contributed by atoms with E-state index in [1.54, 1.807) is 36.2 Å². The second-order valence-corrected chi connectivity index (χ2v) is 9.79. The van der Waals surface area contributed by atoms with E-state index in [1.165, 1.54) is 0 Å². The number of likely N-dealkylation sites (tertiary alicyclic amines) is 1. The largest absolute Gasteiger partial charge is 0.386 e. The van der Waals surface area contributed by atoms with Gasteiger partial charge in [0.05, 0.1) is 18.0 Å². The molecule has 3 amide bonds.